The van der Waals surface area contributed by atoms with Gasteiger partial charge in [-0.2, -0.15) is 0 Å². The third-order valence-electron chi connectivity index (χ3n) is 2.08. The monoisotopic (exact) mass is 221 g/mol. The Bertz CT molecular complexity index is 316. The summed E-state index contributed by atoms with van der Waals surface area (Å²) >= 11 is 0. The Morgan fingerprint density at radius 3 is 2.44 bits per heavy atom. The lowest BCUT2D eigenvalue weighted by molar-refractivity contribution is -0.135. The van der Waals surface area contributed by atoms with Gasteiger partial charge in [0, 0.05) is 12.0 Å². The quantitative estimate of drug-likeness (QED) is 0.611. The van der Waals surface area contributed by atoms with E-state index in [1.165, 1.54) is 0 Å². The first-order valence-electron chi connectivity index (χ1n) is 5.42. The molecule has 0 aliphatic rings. The van der Waals surface area contributed by atoms with Crippen LogP contribution < -0.4 is 5.32 Å². The van der Waals surface area contributed by atoms with Crippen LogP contribution in [0.15, 0.2) is 30.3 Å². The number of carbonyl (C=O) groups excluding carboxylic acids is 1. The van der Waals surface area contributed by atoms with Crippen LogP contribution in [0, 0.1) is 0 Å². The lowest BCUT2D eigenvalue weighted by atomic mass is 10.1. The maximum atomic E-state index is 10.4. The first-order valence-corrected chi connectivity index (χ1v) is 5.42. The van der Waals surface area contributed by atoms with Crippen LogP contribution in [-0.4, -0.2) is 18.2 Å². The van der Waals surface area contributed by atoms with Crippen LogP contribution in [0.5, 0.6) is 0 Å². The highest BCUT2D eigenvalue weighted by Crippen LogP contribution is 2.08. The molecule has 0 unspecified atom stereocenters. The van der Waals surface area contributed by atoms with Gasteiger partial charge in [0.05, 0.1) is 0 Å². The molecule has 0 spiro atoms. The molecule has 16 heavy (non-hydrogen) atoms. The van der Waals surface area contributed by atoms with E-state index in [0.29, 0.717) is 12.9 Å². The second kappa shape index (κ2) is 5.66. The molecule has 1 aromatic carbocycles. The van der Waals surface area contributed by atoms with Gasteiger partial charge in [0.25, 0.3) is 6.47 Å². The fourth-order valence-corrected chi connectivity index (χ4v) is 1.51. The molecule has 0 aliphatic heterocycles. The summed E-state index contributed by atoms with van der Waals surface area (Å²) in [5.41, 5.74) is 1.06. The molecule has 0 amide bonds. The van der Waals surface area contributed by atoms with Crippen molar-refractivity contribution in [1.29, 1.82) is 0 Å². The first kappa shape index (κ1) is 12.7. The minimum atomic E-state index is -0.278. The number of hydrogen-bond donors (Lipinski definition) is 1. The summed E-state index contributed by atoms with van der Waals surface area (Å²) in [5, 5.41) is 3.25. The third-order valence-corrected chi connectivity index (χ3v) is 2.08. The van der Waals surface area contributed by atoms with Gasteiger partial charge in [-0.3, -0.25) is 10.1 Å². The van der Waals surface area contributed by atoms with Crippen molar-refractivity contribution in [2.24, 2.45) is 0 Å². The van der Waals surface area contributed by atoms with E-state index in [0.717, 1.165) is 5.56 Å². The van der Waals surface area contributed by atoms with Crippen molar-refractivity contribution in [2.75, 3.05) is 0 Å². The summed E-state index contributed by atoms with van der Waals surface area (Å²) in [5.74, 6) is 0. The van der Waals surface area contributed by atoms with E-state index in [1.54, 1.807) is 0 Å². The Balaban J connectivity index is 2.61. The van der Waals surface area contributed by atoms with Gasteiger partial charge in [-0.25, -0.2) is 0 Å². The highest BCUT2D eigenvalue weighted by Gasteiger charge is 2.18. The smallest absolute Gasteiger partial charge is 0.294 e. The molecule has 0 saturated carbocycles. The van der Waals surface area contributed by atoms with Crippen molar-refractivity contribution in [1.82, 2.24) is 5.32 Å². The number of nitrogens with one attached hydrogen (secondary N) is 1. The molecular formula is C13H19NO2. The molecule has 3 nitrogen and oxygen atoms in total. The van der Waals surface area contributed by atoms with Crippen molar-refractivity contribution in [3.05, 3.63) is 35.9 Å². The van der Waals surface area contributed by atoms with Crippen LogP contribution in [-0.2, 0) is 16.0 Å². The zero-order valence-electron chi connectivity index (χ0n) is 10.1. The Hall–Kier alpha value is -1.35. The number of hydrogen-bond acceptors (Lipinski definition) is 3. The van der Waals surface area contributed by atoms with E-state index < -0.39 is 0 Å². The molecule has 1 aromatic rings. The summed E-state index contributed by atoms with van der Waals surface area (Å²) in [6.07, 6.45) is 0.400. The average molecular weight is 221 g/mol. The summed E-state index contributed by atoms with van der Waals surface area (Å²) in [4.78, 5) is 10.4. The van der Waals surface area contributed by atoms with Crippen LogP contribution >= 0.6 is 0 Å². The highest BCUT2D eigenvalue weighted by atomic mass is 16.5. The minimum Gasteiger partial charge on any atom is -0.448 e. The minimum absolute atomic E-state index is 0.0809. The normalized spacial score (nSPS) is 13.2. The largest absolute Gasteiger partial charge is 0.448 e. The molecule has 0 bridgehead atoms. The summed E-state index contributed by atoms with van der Waals surface area (Å²) in [7, 11) is 0. The molecule has 1 atom stereocenters. The SMILES string of the molecule is CC(C)(C)N[C@@H](Cc1ccccc1)OC=O. The van der Waals surface area contributed by atoms with Gasteiger partial charge < -0.3 is 4.74 Å². The maximum Gasteiger partial charge on any atom is 0.294 e. The number of benzene rings is 1. The number of rotatable bonds is 5. The molecule has 1 N–H and O–H groups in total. The molecule has 3 heteroatoms. The molecule has 0 heterocycles. The van der Waals surface area contributed by atoms with Crippen LogP contribution in [0.3, 0.4) is 0 Å². The lowest BCUT2D eigenvalue weighted by Crippen LogP contribution is -2.46. The second-order valence-electron chi connectivity index (χ2n) is 4.81. The highest BCUT2D eigenvalue weighted by molar-refractivity contribution is 5.37. The average Bonchev–Trinajstić information content (AvgIpc) is 2.17. The van der Waals surface area contributed by atoms with Gasteiger partial charge in [-0.15, -0.1) is 0 Å². The van der Waals surface area contributed by atoms with Crippen molar-refractivity contribution < 1.29 is 9.53 Å². The van der Waals surface area contributed by atoms with Crippen LogP contribution in [0.4, 0.5) is 0 Å². The van der Waals surface area contributed by atoms with E-state index in [1.807, 2.05) is 51.1 Å². The summed E-state index contributed by atoms with van der Waals surface area (Å²) < 4.78 is 5.03. The van der Waals surface area contributed by atoms with Gasteiger partial charge >= 0.3 is 0 Å². The summed E-state index contributed by atoms with van der Waals surface area (Å²) in [6, 6.07) is 9.96. The number of carbonyl (C=O) groups is 1. The van der Waals surface area contributed by atoms with E-state index in [-0.39, 0.29) is 11.8 Å². The van der Waals surface area contributed by atoms with E-state index in [4.69, 9.17) is 4.74 Å². The third kappa shape index (κ3) is 4.94. The molecule has 0 radical (unpaired) electrons. The summed E-state index contributed by atoms with van der Waals surface area (Å²) in [6.45, 7) is 6.61. The van der Waals surface area contributed by atoms with E-state index >= 15 is 0 Å². The predicted molar refractivity (Wildman–Crippen MR) is 64.0 cm³/mol. The molecule has 88 valence electrons. The zero-order chi connectivity index (χ0) is 12.0. The first-order chi connectivity index (χ1) is 7.51. The van der Waals surface area contributed by atoms with Crippen LogP contribution in [0.1, 0.15) is 26.3 Å². The Kier molecular flexibility index (Phi) is 4.50. The van der Waals surface area contributed by atoms with Gasteiger partial charge in [0.1, 0.15) is 0 Å². The van der Waals surface area contributed by atoms with Crippen molar-refractivity contribution in [3.8, 4) is 0 Å². The van der Waals surface area contributed by atoms with E-state index in [2.05, 4.69) is 5.32 Å². The second-order valence-corrected chi connectivity index (χ2v) is 4.81. The van der Waals surface area contributed by atoms with E-state index in [9.17, 15) is 4.79 Å². The van der Waals surface area contributed by atoms with Crippen molar-refractivity contribution in [3.63, 3.8) is 0 Å². The molecule has 1 rings (SSSR count). The van der Waals surface area contributed by atoms with Gasteiger partial charge in [-0.1, -0.05) is 30.3 Å². The molecule has 0 aliphatic carbocycles. The standard InChI is InChI=1S/C13H19NO2/c1-13(2,3)14-12(16-10-15)9-11-7-5-4-6-8-11/h4-8,10,12,14H,9H2,1-3H3/t12-/m1/s1. The predicted octanol–water partition coefficient (Wildman–Crippen LogP) is 2.12. The fraction of sp³-hybridized carbons (Fsp3) is 0.462. The molecule has 0 fully saturated rings. The lowest BCUT2D eigenvalue weighted by Gasteiger charge is -2.27. The zero-order valence-corrected chi connectivity index (χ0v) is 10.1. The maximum absolute atomic E-state index is 10.4. The fourth-order valence-electron chi connectivity index (χ4n) is 1.51. The Labute approximate surface area is 96.8 Å². The van der Waals surface area contributed by atoms with Gasteiger partial charge in [0.15, 0.2) is 6.23 Å². The van der Waals surface area contributed by atoms with Crippen molar-refractivity contribution in [2.45, 2.75) is 39.0 Å². The van der Waals surface area contributed by atoms with Crippen LogP contribution in [0.25, 0.3) is 0 Å². The number of ether oxygens (including phenoxy) is 1. The molecule has 0 aromatic heterocycles. The van der Waals surface area contributed by atoms with Crippen molar-refractivity contribution >= 4 is 6.47 Å². The molecule has 0 saturated heterocycles. The van der Waals surface area contributed by atoms with Crippen LogP contribution in [0.2, 0.25) is 0 Å². The van der Waals surface area contributed by atoms with Gasteiger partial charge in [-0.05, 0) is 26.3 Å². The Morgan fingerprint density at radius 1 is 1.31 bits per heavy atom. The van der Waals surface area contributed by atoms with Gasteiger partial charge in [0.2, 0.25) is 0 Å². The molecular weight excluding hydrogens is 202 g/mol. The Morgan fingerprint density at radius 2 is 1.94 bits per heavy atom. The topological polar surface area (TPSA) is 38.3 Å².